The number of benzene rings is 1. The Bertz CT molecular complexity index is 408. The minimum Gasteiger partial charge on any atom is -0.468 e. The Hall–Kier alpha value is -1.94. The first kappa shape index (κ1) is 14.1. The van der Waals surface area contributed by atoms with Crippen LogP contribution in [0.4, 0.5) is 0 Å². The molecule has 0 heterocycles. The number of hydrogen-bond acceptors (Lipinski definition) is 5. The van der Waals surface area contributed by atoms with Crippen LogP contribution in [0.15, 0.2) is 35.5 Å². The molecule has 0 saturated heterocycles. The first-order chi connectivity index (χ1) is 8.86. The highest BCUT2D eigenvalue weighted by atomic mass is 16.7. The summed E-state index contributed by atoms with van der Waals surface area (Å²) in [6, 6.07) is 7.32. The third-order valence-corrected chi connectivity index (χ3v) is 2.02. The van der Waals surface area contributed by atoms with E-state index in [2.05, 4.69) is 4.99 Å². The van der Waals surface area contributed by atoms with Crippen LogP contribution in [-0.4, -0.2) is 33.2 Å². The smallest absolute Gasteiger partial charge is 0.239 e. The molecule has 0 spiro atoms. The van der Waals surface area contributed by atoms with E-state index < -0.39 is 0 Å². The minimum atomic E-state index is 0.188. The number of nitrogens with zero attached hydrogens (tertiary/aromatic N) is 1. The molecule has 0 amide bonds. The van der Waals surface area contributed by atoms with Gasteiger partial charge in [-0.05, 0) is 23.8 Å². The summed E-state index contributed by atoms with van der Waals surface area (Å²) in [5, 5.41) is 0. The van der Waals surface area contributed by atoms with E-state index >= 15 is 0 Å². The van der Waals surface area contributed by atoms with Gasteiger partial charge in [-0.3, -0.25) is 0 Å². The molecule has 1 aromatic rings. The van der Waals surface area contributed by atoms with Crippen LogP contribution >= 0.6 is 0 Å². The van der Waals surface area contributed by atoms with Crippen molar-refractivity contribution >= 4 is 12.2 Å². The van der Waals surface area contributed by atoms with Gasteiger partial charge in [0.2, 0.25) is 6.08 Å². The monoisotopic (exact) mass is 249 g/mol. The van der Waals surface area contributed by atoms with Gasteiger partial charge in [0.25, 0.3) is 0 Å². The standard InChI is InChI=1S/C13H15NO4/c1-16-8-9-17-11-18-13-4-2-12(3-5-13)6-7-14-10-15/h2-7H,8-9,11H2,1H3/b7-6+. The van der Waals surface area contributed by atoms with E-state index in [9.17, 15) is 4.79 Å². The van der Waals surface area contributed by atoms with E-state index in [4.69, 9.17) is 14.2 Å². The topological polar surface area (TPSA) is 57.1 Å². The number of hydrogen-bond donors (Lipinski definition) is 0. The van der Waals surface area contributed by atoms with Crippen molar-refractivity contribution in [1.29, 1.82) is 0 Å². The predicted molar refractivity (Wildman–Crippen MR) is 66.9 cm³/mol. The summed E-state index contributed by atoms with van der Waals surface area (Å²) in [5.41, 5.74) is 0.918. The first-order valence-electron chi connectivity index (χ1n) is 5.40. The highest BCUT2D eigenvalue weighted by Crippen LogP contribution is 2.13. The Morgan fingerprint density at radius 1 is 1.28 bits per heavy atom. The van der Waals surface area contributed by atoms with E-state index in [1.165, 1.54) is 12.3 Å². The van der Waals surface area contributed by atoms with Crippen LogP contribution in [0.25, 0.3) is 6.08 Å². The first-order valence-corrected chi connectivity index (χ1v) is 5.40. The molecule has 0 aliphatic carbocycles. The lowest BCUT2D eigenvalue weighted by Gasteiger charge is -2.06. The Morgan fingerprint density at radius 2 is 2.06 bits per heavy atom. The lowest BCUT2D eigenvalue weighted by molar-refractivity contribution is -0.00847. The van der Waals surface area contributed by atoms with Crippen molar-refractivity contribution in [2.45, 2.75) is 0 Å². The molecule has 0 atom stereocenters. The van der Waals surface area contributed by atoms with Crippen LogP contribution in [0.5, 0.6) is 5.75 Å². The summed E-state index contributed by atoms with van der Waals surface area (Å²) in [5.74, 6) is 0.712. The lowest BCUT2D eigenvalue weighted by atomic mass is 10.2. The van der Waals surface area contributed by atoms with Gasteiger partial charge in [0.05, 0.1) is 13.2 Å². The molecular weight excluding hydrogens is 234 g/mol. The summed E-state index contributed by atoms with van der Waals surface area (Å²) < 4.78 is 15.3. The molecule has 0 saturated carbocycles. The Kier molecular flexibility index (Phi) is 7.16. The molecule has 0 aliphatic rings. The van der Waals surface area contributed by atoms with E-state index in [0.717, 1.165) is 5.56 Å². The van der Waals surface area contributed by atoms with Crippen molar-refractivity contribution < 1.29 is 19.0 Å². The average molecular weight is 249 g/mol. The van der Waals surface area contributed by atoms with Gasteiger partial charge >= 0.3 is 0 Å². The maximum atomic E-state index is 9.86. The number of ether oxygens (including phenoxy) is 3. The molecule has 0 aliphatic heterocycles. The fraction of sp³-hybridized carbons (Fsp3) is 0.308. The third-order valence-electron chi connectivity index (χ3n) is 2.02. The predicted octanol–water partition coefficient (Wildman–Crippen LogP) is 1.99. The number of carbonyl (C=O) groups excluding carboxylic acids is 1. The van der Waals surface area contributed by atoms with Crippen LogP contribution in [0.1, 0.15) is 5.56 Å². The van der Waals surface area contributed by atoms with Crippen molar-refractivity contribution in [2.24, 2.45) is 4.99 Å². The van der Waals surface area contributed by atoms with Gasteiger partial charge in [0.1, 0.15) is 5.75 Å². The van der Waals surface area contributed by atoms with Gasteiger partial charge < -0.3 is 14.2 Å². The van der Waals surface area contributed by atoms with Crippen LogP contribution in [0.2, 0.25) is 0 Å². The number of rotatable bonds is 8. The molecule has 5 nitrogen and oxygen atoms in total. The molecule has 0 unspecified atom stereocenters. The summed E-state index contributed by atoms with van der Waals surface area (Å²) in [4.78, 5) is 13.2. The van der Waals surface area contributed by atoms with E-state index in [-0.39, 0.29) is 6.79 Å². The molecule has 0 N–H and O–H groups in total. The molecule has 0 aromatic heterocycles. The highest BCUT2D eigenvalue weighted by Gasteiger charge is 1.93. The van der Waals surface area contributed by atoms with Crippen molar-refractivity contribution in [1.82, 2.24) is 0 Å². The molecule has 18 heavy (non-hydrogen) atoms. The number of aliphatic imine (C=N–C) groups is 1. The second-order valence-corrected chi connectivity index (χ2v) is 3.27. The quantitative estimate of drug-likeness (QED) is 0.306. The van der Waals surface area contributed by atoms with Crippen LogP contribution in [-0.2, 0) is 14.3 Å². The van der Waals surface area contributed by atoms with Gasteiger partial charge in [0.15, 0.2) is 6.79 Å². The maximum absolute atomic E-state index is 9.86. The van der Waals surface area contributed by atoms with E-state index in [1.807, 2.05) is 24.3 Å². The fourth-order valence-electron chi connectivity index (χ4n) is 1.14. The van der Waals surface area contributed by atoms with Gasteiger partial charge in [-0.25, -0.2) is 4.79 Å². The molecule has 0 bridgehead atoms. The van der Waals surface area contributed by atoms with Crippen molar-refractivity contribution in [3.8, 4) is 5.75 Å². The number of isocyanates is 1. The average Bonchev–Trinajstić information content (AvgIpc) is 2.40. The highest BCUT2D eigenvalue weighted by molar-refractivity contribution is 5.51. The van der Waals surface area contributed by atoms with E-state index in [0.29, 0.717) is 19.0 Å². The molecule has 1 rings (SSSR count). The second kappa shape index (κ2) is 9.13. The van der Waals surface area contributed by atoms with Gasteiger partial charge in [-0.2, -0.15) is 4.99 Å². The summed E-state index contributed by atoms with van der Waals surface area (Å²) in [6.45, 7) is 1.24. The maximum Gasteiger partial charge on any atom is 0.239 e. The summed E-state index contributed by atoms with van der Waals surface area (Å²) in [7, 11) is 1.62. The van der Waals surface area contributed by atoms with Crippen LogP contribution in [0.3, 0.4) is 0 Å². The zero-order valence-corrected chi connectivity index (χ0v) is 10.2. The van der Waals surface area contributed by atoms with Crippen molar-refractivity contribution in [3.05, 3.63) is 36.0 Å². The zero-order chi connectivity index (χ0) is 13.1. The van der Waals surface area contributed by atoms with Crippen LogP contribution in [0, 0.1) is 0 Å². The summed E-state index contributed by atoms with van der Waals surface area (Å²) in [6.07, 6.45) is 4.51. The van der Waals surface area contributed by atoms with Gasteiger partial charge in [0, 0.05) is 13.3 Å². The normalized spacial score (nSPS) is 10.3. The lowest BCUT2D eigenvalue weighted by Crippen LogP contribution is -2.07. The minimum absolute atomic E-state index is 0.188. The Morgan fingerprint density at radius 3 is 2.72 bits per heavy atom. The Labute approximate surface area is 106 Å². The van der Waals surface area contributed by atoms with Gasteiger partial charge in [-0.1, -0.05) is 12.1 Å². The molecular formula is C13H15NO4. The van der Waals surface area contributed by atoms with Crippen LogP contribution < -0.4 is 4.74 Å². The molecule has 0 fully saturated rings. The van der Waals surface area contributed by atoms with Crippen molar-refractivity contribution in [2.75, 3.05) is 27.1 Å². The van der Waals surface area contributed by atoms with Gasteiger partial charge in [-0.15, -0.1) is 0 Å². The zero-order valence-electron chi connectivity index (χ0n) is 10.2. The molecule has 96 valence electrons. The molecule has 1 aromatic carbocycles. The summed E-state index contributed by atoms with van der Waals surface area (Å²) >= 11 is 0. The third kappa shape index (κ3) is 5.96. The molecule has 0 radical (unpaired) electrons. The largest absolute Gasteiger partial charge is 0.468 e. The second-order valence-electron chi connectivity index (χ2n) is 3.27. The van der Waals surface area contributed by atoms with E-state index in [1.54, 1.807) is 13.2 Å². The molecule has 5 heteroatoms. The van der Waals surface area contributed by atoms with Crippen molar-refractivity contribution in [3.63, 3.8) is 0 Å². The number of methoxy groups -OCH3 is 1. The Balaban J connectivity index is 2.33. The fourth-order valence-corrected chi connectivity index (χ4v) is 1.14. The SMILES string of the molecule is COCCOCOc1ccc(/C=C/N=C=O)cc1.